The van der Waals surface area contributed by atoms with E-state index in [4.69, 9.17) is 0 Å². The van der Waals surface area contributed by atoms with E-state index in [1.54, 1.807) is 48.7 Å². The number of aromatic nitrogens is 3. The normalized spacial score (nSPS) is 12.9. The van der Waals surface area contributed by atoms with Gasteiger partial charge in [0.15, 0.2) is 4.90 Å². The maximum absolute atomic E-state index is 13.3. The second-order valence-corrected chi connectivity index (χ2v) is 8.31. The Morgan fingerprint density at radius 3 is 2.25 bits per heavy atom. The number of hydrogen-bond donors (Lipinski definition) is 0. The monoisotopic (exact) mass is 400 g/mol. The zero-order valence-electron chi connectivity index (χ0n) is 15.7. The SMILES string of the molecule is CN(C(c1ccccc1)c1ccccn1)S(=O)(=O)c1cn(C)c(=O)n(C)c1=O. The second-order valence-electron chi connectivity index (χ2n) is 6.34. The summed E-state index contributed by atoms with van der Waals surface area (Å²) in [5, 5.41) is 0. The van der Waals surface area contributed by atoms with E-state index in [2.05, 4.69) is 4.98 Å². The lowest BCUT2D eigenvalue weighted by atomic mass is 10.0. The fourth-order valence-corrected chi connectivity index (χ4v) is 4.45. The number of benzene rings is 1. The molecule has 0 bridgehead atoms. The van der Waals surface area contributed by atoms with Gasteiger partial charge in [0.1, 0.15) is 0 Å². The van der Waals surface area contributed by atoms with Crippen molar-refractivity contribution >= 4 is 10.0 Å². The van der Waals surface area contributed by atoms with E-state index in [0.717, 1.165) is 19.6 Å². The Morgan fingerprint density at radius 1 is 1.00 bits per heavy atom. The van der Waals surface area contributed by atoms with Gasteiger partial charge in [0.05, 0.1) is 11.7 Å². The first-order valence-corrected chi connectivity index (χ1v) is 9.89. The van der Waals surface area contributed by atoms with Crippen LogP contribution in [0.1, 0.15) is 17.3 Å². The third-order valence-electron chi connectivity index (χ3n) is 4.52. The first-order valence-electron chi connectivity index (χ1n) is 8.45. The maximum Gasteiger partial charge on any atom is 0.330 e. The Balaban J connectivity index is 2.20. The van der Waals surface area contributed by atoms with Gasteiger partial charge in [-0.25, -0.2) is 13.2 Å². The third kappa shape index (κ3) is 3.41. The quantitative estimate of drug-likeness (QED) is 0.634. The lowest BCUT2D eigenvalue weighted by Crippen LogP contribution is -2.42. The molecule has 2 aromatic heterocycles. The Bertz CT molecular complexity index is 1160. The molecule has 3 rings (SSSR count). The van der Waals surface area contributed by atoms with E-state index in [9.17, 15) is 18.0 Å². The molecule has 1 unspecified atom stereocenters. The molecule has 0 aliphatic carbocycles. The van der Waals surface area contributed by atoms with Crippen LogP contribution < -0.4 is 11.2 Å². The highest BCUT2D eigenvalue weighted by molar-refractivity contribution is 7.89. The molecule has 0 amide bonds. The summed E-state index contributed by atoms with van der Waals surface area (Å²) in [6.07, 6.45) is 2.63. The molecule has 0 fully saturated rings. The van der Waals surface area contributed by atoms with Crippen molar-refractivity contribution in [3.63, 3.8) is 0 Å². The predicted molar refractivity (Wildman–Crippen MR) is 104 cm³/mol. The van der Waals surface area contributed by atoms with Crippen molar-refractivity contribution in [2.45, 2.75) is 10.9 Å². The summed E-state index contributed by atoms with van der Waals surface area (Å²) in [7, 11) is -0.187. The Hall–Kier alpha value is -3.04. The molecule has 1 aromatic carbocycles. The summed E-state index contributed by atoms with van der Waals surface area (Å²) in [4.78, 5) is 28.3. The summed E-state index contributed by atoms with van der Waals surface area (Å²) in [6, 6.07) is 13.5. The largest absolute Gasteiger partial charge is 0.330 e. The first kappa shape index (κ1) is 19.7. The summed E-state index contributed by atoms with van der Waals surface area (Å²) in [5.41, 5.74) is -0.256. The van der Waals surface area contributed by atoms with Gasteiger partial charge in [-0.1, -0.05) is 36.4 Å². The number of nitrogens with zero attached hydrogens (tertiary/aromatic N) is 4. The summed E-state index contributed by atoms with van der Waals surface area (Å²) in [5.74, 6) is 0. The van der Waals surface area contributed by atoms with Gasteiger partial charge in [-0.15, -0.1) is 0 Å². The molecule has 0 radical (unpaired) electrons. The van der Waals surface area contributed by atoms with Crippen molar-refractivity contribution < 1.29 is 8.42 Å². The van der Waals surface area contributed by atoms with Gasteiger partial charge in [-0.05, 0) is 17.7 Å². The molecule has 0 aliphatic rings. The van der Waals surface area contributed by atoms with E-state index in [1.807, 2.05) is 6.07 Å². The average molecular weight is 400 g/mol. The Kier molecular flexibility index (Phi) is 5.30. The lowest BCUT2D eigenvalue weighted by Gasteiger charge is -2.27. The van der Waals surface area contributed by atoms with Crippen LogP contribution in [0.4, 0.5) is 0 Å². The highest BCUT2D eigenvalue weighted by atomic mass is 32.2. The van der Waals surface area contributed by atoms with Gasteiger partial charge in [0.2, 0.25) is 0 Å². The van der Waals surface area contributed by atoms with Crippen LogP contribution >= 0.6 is 0 Å². The van der Waals surface area contributed by atoms with E-state index in [0.29, 0.717) is 11.3 Å². The van der Waals surface area contributed by atoms with Crippen LogP contribution in [-0.2, 0) is 24.1 Å². The Morgan fingerprint density at radius 2 is 1.64 bits per heavy atom. The first-order chi connectivity index (χ1) is 13.2. The van der Waals surface area contributed by atoms with Gasteiger partial charge in [0, 0.05) is 33.5 Å². The van der Waals surface area contributed by atoms with Crippen LogP contribution in [0.15, 0.2) is 75.4 Å². The van der Waals surface area contributed by atoms with Gasteiger partial charge in [-0.3, -0.25) is 14.3 Å². The van der Waals surface area contributed by atoms with Crippen molar-refractivity contribution in [1.29, 1.82) is 0 Å². The van der Waals surface area contributed by atoms with E-state index in [1.165, 1.54) is 21.1 Å². The highest BCUT2D eigenvalue weighted by Gasteiger charge is 2.33. The number of hydrogen-bond acceptors (Lipinski definition) is 5. The van der Waals surface area contributed by atoms with E-state index >= 15 is 0 Å². The molecule has 28 heavy (non-hydrogen) atoms. The van der Waals surface area contributed by atoms with Crippen LogP contribution in [0.3, 0.4) is 0 Å². The molecule has 1 atom stereocenters. The van der Waals surface area contributed by atoms with Crippen LogP contribution in [0.5, 0.6) is 0 Å². The molecule has 0 spiro atoms. The molecule has 0 N–H and O–H groups in total. The molecular weight excluding hydrogens is 380 g/mol. The highest BCUT2D eigenvalue weighted by Crippen LogP contribution is 2.29. The maximum atomic E-state index is 13.3. The molecule has 0 saturated carbocycles. The van der Waals surface area contributed by atoms with Crippen molar-refractivity contribution in [2.24, 2.45) is 14.1 Å². The minimum Gasteiger partial charge on any atom is -0.302 e. The summed E-state index contributed by atoms with van der Waals surface area (Å²) < 4.78 is 29.6. The van der Waals surface area contributed by atoms with Crippen LogP contribution in [0.25, 0.3) is 0 Å². The number of pyridine rings is 1. The van der Waals surface area contributed by atoms with Crippen LogP contribution in [0.2, 0.25) is 0 Å². The van der Waals surface area contributed by atoms with Crippen molar-refractivity contribution in [2.75, 3.05) is 7.05 Å². The summed E-state index contributed by atoms with van der Waals surface area (Å²) >= 11 is 0. The smallest absolute Gasteiger partial charge is 0.302 e. The molecule has 146 valence electrons. The number of aryl methyl sites for hydroxylation is 1. The fourth-order valence-electron chi connectivity index (χ4n) is 2.99. The van der Waals surface area contributed by atoms with Gasteiger partial charge in [0.25, 0.3) is 15.6 Å². The minimum atomic E-state index is -4.23. The van der Waals surface area contributed by atoms with Crippen molar-refractivity contribution in [3.8, 4) is 0 Å². The van der Waals surface area contributed by atoms with Crippen molar-refractivity contribution in [3.05, 3.63) is 93.0 Å². The summed E-state index contributed by atoms with van der Waals surface area (Å²) in [6.45, 7) is 0. The Labute approximate surface area is 162 Å². The average Bonchev–Trinajstić information content (AvgIpc) is 2.70. The molecule has 0 aliphatic heterocycles. The molecular formula is C19H20N4O4S. The topological polar surface area (TPSA) is 94.3 Å². The zero-order chi connectivity index (χ0) is 20.5. The third-order valence-corrected chi connectivity index (χ3v) is 6.32. The number of rotatable bonds is 5. The molecule has 9 heteroatoms. The molecule has 2 heterocycles. The van der Waals surface area contributed by atoms with Gasteiger partial charge >= 0.3 is 5.69 Å². The van der Waals surface area contributed by atoms with Crippen molar-refractivity contribution in [1.82, 2.24) is 18.4 Å². The molecule has 3 aromatic rings. The van der Waals surface area contributed by atoms with E-state index < -0.39 is 32.2 Å². The number of sulfonamides is 1. The van der Waals surface area contributed by atoms with Gasteiger partial charge in [-0.2, -0.15) is 4.31 Å². The van der Waals surface area contributed by atoms with Gasteiger partial charge < -0.3 is 4.57 Å². The molecule has 0 saturated heterocycles. The standard InChI is InChI=1S/C19H20N4O4S/c1-21-13-16(18(24)22(2)19(21)25)28(26,27)23(3)17(14-9-5-4-6-10-14)15-11-7-8-12-20-15/h4-13,17H,1-3H3. The van der Waals surface area contributed by atoms with E-state index in [-0.39, 0.29) is 0 Å². The second kappa shape index (κ2) is 7.53. The predicted octanol–water partition coefficient (Wildman–Crippen LogP) is 0.889. The minimum absolute atomic E-state index is 0.475. The van der Waals surface area contributed by atoms with Crippen LogP contribution in [-0.4, -0.2) is 33.9 Å². The van der Waals surface area contributed by atoms with Crippen LogP contribution in [0, 0.1) is 0 Å². The fraction of sp³-hybridized carbons (Fsp3) is 0.211. The zero-order valence-corrected chi connectivity index (χ0v) is 16.5. The molecule has 8 nitrogen and oxygen atoms in total. The lowest BCUT2D eigenvalue weighted by molar-refractivity contribution is 0.409.